The van der Waals surface area contributed by atoms with Crippen LogP contribution in [0.1, 0.15) is 6.92 Å². The summed E-state index contributed by atoms with van der Waals surface area (Å²) in [4.78, 5) is 20.2. The van der Waals surface area contributed by atoms with Gasteiger partial charge >= 0.3 is 11.9 Å². The first kappa shape index (κ1) is 16.2. The van der Waals surface area contributed by atoms with Gasteiger partial charge in [0.2, 0.25) is 0 Å². The monoisotopic (exact) mass is 252 g/mol. The van der Waals surface area contributed by atoms with E-state index in [2.05, 4.69) is 6.58 Å². The number of allylic oxidation sites excluding steroid dienone is 1. The summed E-state index contributed by atoms with van der Waals surface area (Å²) in [7, 11) is 0. The second kappa shape index (κ2) is 9.30. The van der Waals surface area contributed by atoms with Gasteiger partial charge in [-0.15, -0.1) is 0 Å². The lowest BCUT2D eigenvalue weighted by Gasteiger charge is -1.89. The van der Waals surface area contributed by atoms with E-state index in [9.17, 15) is 9.59 Å². The van der Waals surface area contributed by atoms with Crippen LogP contribution in [0, 0.1) is 0 Å². The lowest BCUT2D eigenvalue weighted by atomic mass is 10.2. The molecule has 0 atom stereocenters. The van der Waals surface area contributed by atoms with Crippen molar-refractivity contribution in [1.82, 2.24) is 0 Å². The second-order valence-corrected chi connectivity index (χ2v) is 3.17. The van der Waals surface area contributed by atoms with Crippen molar-refractivity contribution in [1.29, 1.82) is 0 Å². The van der Waals surface area contributed by atoms with Crippen LogP contribution in [-0.4, -0.2) is 22.2 Å². The van der Waals surface area contributed by atoms with Crippen molar-refractivity contribution in [2.45, 2.75) is 6.92 Å². The molecule has 0 aliphatic carbocycles. The van der Waals surface area contributed by atoms with Gasteiger partial charge in [-0.25, -0.2) is 9.59 Å². The molecule has 0 unspecified atom stereocenters. The lowest BCUT2D eigenvalue weighted by Crippen LogP contribution is -1.98. The molecule has 0 amide bonds. The molecule has 0 aromatic rings. The Morgan fingerprint density at radius 1 is 1.20 bits per heavy atom. The number of hydrogen-bond donors (Lipinski definition) is 2. The van der Waals surface area contributed by atoms with E-state index in [1.807, 2.05) is 0 Å². The van der Waals surface area contributed by atoms with Gasteiger partial charge < -0.3 is 10.2 Å². The van der Waals surface area contributed by atoms with Crippen LogP contribution in [0.5, 0.6) is 0 Å². The Balaban J connectivity index is 0. The highest BCUT2D eigenvalue weighted by Crippen LogP contribution is 1.98. The molecule has 0 aromatic carbocycles. The molecule has 0 aliphatic rings. The van der Waals surface area contributed by atoms with Crippen LogP contribution in [-0.2, 0) is 9.59 Å². The molecule has 15 heavy (non-hydrogen) atoms. The van der Waals surface area contributed by atoms with Crippen LogP contribution in [0.25, 0.3) is 0 Å². The molecule has 0 heterocycles. The van der Waals surface area contributed by atoms with Crippen molar-refractivity contribution < 1.29 is 19.8 Å². The van der Waals surface area contributed by atoms with Crippen LogP contribution in [0.3, 0.4) is 0 Å². The van der Waals surface area contributed by atoms with Gasteiger partial charge in [0.25, 0.3) is 0 Å². The summed E-state index contributed by atoms with van der Waals surface area (Å²) in [6, 6.07) is 0. The fourth-order valence-corrected chi connectivity index (χ4v) is 0.452. The first-order chi connectivity index (χ1) is 6.81. The van der Waals surface area contributed by atoms with Gasteiger partial charge in [-0.2, -0.15) is 0 Å². The Kier molecular flexibility index (Phi) is 10.0. The Labute approximate surface area is 97.1 Å². The summed E-state index contributed by atoms with van der Waals surface area (Å²) in [5.41, 5.74) is -0.0348. The minimum Gasteiger partial charge on any atom is -0.478 e. The molecule has 4 nitrogen and oxygen atoms in total. The highest BCUT2D eigenvalue weighted by Gasteiger charge is 2.00. The van der Waals surface area contributed by atoms with Crippen molar-refractivity contribution >= 4 is 35.1 Å². The predicted molar refractivity (Wildman–Crippen MR) is 59.0 cm³/mol. The minimum absolute atomic E-state index is 0.0348. The maximum absolute atomic E-state index is 10.2. The fourth-order valence-electron chi connectivity index (χ4n) is 0.452. The molecule has 0 bridgehead atoms. The van der Waals surface area contributed by atoms with Gasteiger partial charge in [-0.3, -0.25) is 0 Å². The molecular formula is C9H10Cl2O4. The third-order valence-corrected chi connectivity index (χ3v) is 0.963. The Morgan fingerprint density at radius 2 is 1.60 bits per heavy atom. The van der Waals surface area contributed by atoms with E-state index in [4.69, 9.17) is 33.4 Å². The van der Waals surface area contributed by atoms with Crippen LogP contribution in [0.4, 0.5) is 0 Å². The highest BCUT2D eigenvalue weighted by atomic mass is 35.5. The average molecular weight is 253 g/mol. The number of carboxylic acid groups (broad SMARTS) is 2. The summed E-state index contributed by atoms with van der Waals surface area (Å²) >= 11 is 9.69. The molecular weight excluding hydrogens is 243 g/mol. The molecule has 0 saturated heterocycles. The van der Waals surface area contributed by atoms with E-state index in [1.165, 1.54) is 13.0 Å². The normalized spacial score (nSPS) is 10.5. The molecule has 0 spiro atoms. The van der Waals surface area contributed by atoms with E-state index < -0.39 is 11.9 Å². The van der Waals surface area contributed by atoms with E-state index in [0.29, 0.717) is 0 Å². The molecule has 2 N–H and O–H groups in total. The van der Waals surface area contributed by atoms with Gasteiger partial charge in [0.05, 0.1) is 10.1 Å². The molecule has 0 rings (SSSR count). The maximum atomic E-state index is 10.2. The minimum atomic E-state index is -1.16. The maximum Gasteiger partial charge on any atom is 0.335 e. The average Bonchev–Trinajstić information content (AvgIpc) is 2.02. The molecule has 0 aromatic heterocycles. The first-order valence-corrected chi connectivity index (χ1v) is 4.37. The molecule has 84 valence electrons. The van der Waals surface area contributed by atoms with Gasteiger partial charge in [0.1, 0.15) is 0 Å². The number of carboxylic acids is 2. The third-order valence-electron chi connectivity index (χ3n) is 0.963. The van der Waals surface area contributed by atoms with E-state index in [0.717, 1.165) is 12.2 Å². The molecule has 0 saturated carbocycles. The Bertz CT molecular complexity index is 301. The van der Waals surface area contributed by atoms with Gasteiger partial charge in [0.15, 0.2) is 0 Å². The van der Waals surface area contributed by atoms with Crippen LogP contribution >= 0.6 is 23.2 Å². The lowest BCUT2D eigenvalue weighted by molar-refractivity contribution is -0.132. The van der Waals surface area contributed by atoms with Crippen LogP contribution in [0.15, 0.2) is 34.9 Å². The highest BCUT2D eigenvalue weighted by molar-refractivity contribution is 6.55. The third kappa shape index (κ3) is 15.5. The fraction of sp³-hybridized carbons (Fsp3) is 0.111. The van der Waals surface area contributed by atoms with E-state index >= 15 is 0 Å². The standard InChI is InChI=1S/C7H8O4.C2H2Cl2/c1-2-5(7(10)11)3-4-6(8)9;1-2(3)4/h2-4H,1H3,(H,8,9)(H,10,11);1H2. The van der Waals surface area contributed by atoms with Crippen molar-refractivity contribution in [2.24, 2.45) is 0 Å². The smallest absolute Gasteiger partial charge is 0.335 e. The van der Waals surface area contributed by atoms with E-state index in [-0.39, 0.29) is 10.1 Å². The van der Waals surface area contributed by atoms with Crippen molar-refractivity contribution in [3.05, 3.63) is 34.9 Å². The summed E-state index contributed by atoms with van der Waals surface area (Å²) in [6.45, 7) is 4.61. The van der Waals surface area contributed by atoms with Gasteiger partial charge in [-0.05, 0) is 13.0 Å². The predicted octanol–water partition coefficient (Wildman–Crippen LogP) is 2.59. The SMILES string of the molecule is C=C(Cl)Cl.CC=C(C=CC(=O)O)C(=O)O. The Hall–Kier alpha value is -1.26. The topological polar surface area (TPSA) is 74.6 Å². The molecule has 0 fully saturated rings. The quantitative estimate of drug-likeness (QED) is 0.598. The first-order valence-electron chi connectivity index (χ1n) is 3.61. The number of halogens is 2. The zero-order chi connectivity index (χ0) is 12.4. The summed E-state index contributed by atoms with van der Waals surface area (Å²) in [5.74, 6) is -2.30. The summed E-state index contributed by atoms with van der Waals surface area (Å²) in [6.07, 6.45) is 3.13. The number of carbonyl (C=O) groups is 2. The van der Waals surface area contributed by atoms with Gasteiger partial charge in [-0.1, -0.05) is 35.9 Å². The molecule has 6 heteroatoms. The molecule has 0 aliphatic heterocycles. The van der Waals surface area contributed by atoms with E-state index in [1.54, 1.807) is 0 Å². The number of rotatable bonds is 3. The zero-order valence-electron chi connectivity index (χ0n) is 7.91. The number of hydrogen-bond acceptors (Lipinski definition) is 2. The van der Waals surface area contributed by atoms with Crippen LogP contribution in [0.2, 0.25) is 0 Å². The van der Waals surface area contributed by atoms with Crippen molar-refractivity contribution in [3.8, 4) is 0 Å². The number of aliphatic carboxylic acids is 2. The summed E-state index contributed by atoms with van der Waals surface area (Å²) < 4.78 is 0.111. The van der Waals surface area contributed by atoms with Crippen LogP contribution < -0.4 is 0 Å². The zero-order valence-corrected chi connectivity index (χ0v) is 9.42. The van der Waals surface area contributed by atoms with Crippen molar-refractivity contribution in [3.63, 3.8) is 0 Å². The molecule has 0 radical (unpaired) electrons. The van der Waals surface area contributed by atoms with Crippen molar-refractivity contribution in [2.75, 3.05) is 0 Å². The summed E-state index contributed by atoms with van der Waals surface area (Å²) in [5, 5.41) is 16.5. The Morgan fingerprint density at radius 3 is 1.80 bits per heavy atom. The largest absolute Gasteiger partial charge is 0.478 e. The van der Waals surface area contributed by atoms with Gasteiger partial charge in [0, 0.05) is 6.08 Å². The second-order valence-electron chi connectivity index (χ2n) is 2.06.